The highest BCUT2D eigenvalue weighted by Gasteiger charge is 2.22. The monoisotopic (exact) mass is 336 g/mol. The first-order valence-corrected chi connectivity index (χ1v) is 9.05. The van der Waals surface area contributed by atoms with Gasteiger partial charge in [-0.1, -0.05) is 34.6 Å². The Morgan fingerprint density at radius 2 is 1.61 bits per heavy atom. The van der Waals surface area contributed by atoms with E-state index in [2.05, 4.69) is 55.0 Å². The summed E-state index contributed by atoms with van der Waals surface area (Å²) in [7, 11) is 0. The van der Waals surface area contributed by atoms with Crippen LogP contribution in [0.15, 0.2) is 4.42 Å². The van der Waals surface area contributed by atoms with E-state index in [0.717, 1.165) is 48.0 Å². The van der Waals surface area contributed by atoms with Crippen molar-refractivity contribution in [3.8, 4) is 0 Å². The fourth-order valence-corrected chi connectivity index (χ4v) is 3.73. The van der Waals surface area contributed by atoms with Crippen LogP contribution < -0.4 is 0 Å². The quantitative estimate of drug-likeness (QED) is 0.749. The van der Waals surface area contributed by atoms with E-state index in [0.29, 0.717) is 5.89 Å². The highest BCUT2D eigenvalue weighted by molar-refractivity contribution is 7.11. The molecule has 0 aliphatic heterocycles. The number of hydrogen-bond acceptors (Lipinski definition) is 6. The maximum absolute atomic E-state index is 5.49. The molecule has 0 spiro atoms. The van der Waals surface area contributed by atoms with Gasteiger partial charge in [0.25, 0.3) is 0 Å². The molecule has 128 valence electrons. The Morgan fingerprint density at radius 3 is 2.22 bits per heavy atom. The van der Waals surface area contributed by atoms with Gasteiger partial charge >= 0.3 is 0 Å². The summed E-state index contributed by atoms with van der Waals surface area (Å²) in [5, 5.41) is 18.9. The Morgan fingerprint density at radius 1 is 0.913 bits per heavy atom. The molecular formula is C17H28N4OS. The molecule has 0 unspecified atom stereocenters. The van der Waals surface area contributed by atoms with E-state index >= 15 is 0 Å². The van der Waals surface area contributed by atoms with Crippen molar-refractivity contribution in [1.82, 2.24) is 20.4 Å². The number of aromatic nitrogens is 4. The van der Waals surface area contributed by atoms with Gasteiger partial charge in [0.1, 0.15) is 10.0 Å². The van der Waals surface area contributed by atoms with E-state index in [9.17, 15) is 0 Å². The third kappa shape index (κ3) is 6.37. The molecule has 23 heavy (non-hydrogen) atoms. The number of hydrogen-bond donors (Lipinski definition) is 0. The topological polar surface area (TPSA) is 64.7 Å². The van der Waals surface area contributed by atoms with Crippen LogP contribution >= 0.6 is 11.3 Å². The summed E-state index contributed by atoms with van der Waals surface area (Å²) in [4.78, 5) is 0. The van der Waals surface area contributed by atoms with Gasteiger partial charge in [0, 0.05) is 26.2 Å². The summed E-state index contributed by atoms with van der Waals surface area (Å²) in [5.74, 6) is 1.37. The van der Waals surface area contributed by atoms with Crippen molar-refractivity contribution in [2.75, 3.05) is 0 Å². The van der Waals surface area contributed by atoms with Gasteiger partial charge in [0.2, 0.25) is 11.8 Å². The molecule has 2 rings (SSSR count). The van der Waals surface area contributed by atoms with Crippen LogP contribution in [0.2, 0.25) is 0 Å². The molecule has 0 amide bonds. The minimum Gasteiger partial charge on any atom is -0.426 e. The first-order chi connectivity index (χ1) is 10.6. The van der Waals surface area contributed by atoms with Gasteiger partial charge in [0.15, 0.2) is 0 Å². The molecule has 0 radical (unpaired) electrons. The van der Waals surface area contributed by atoms with Crippen LogP contribution in [0.1, 0.15) is 69.3 Å². The molecule has 0 aliphatic rings. The zero-order valence-electron chi connectivity index (χ0n) is 15.1. The second-order valence-electron chi connectivity index (χ2n) is 8.24. The summed E-state index contributed by atoms with van der Waals surface area (Å²) in [6.07, 6.45) is 5.01. The highest BCUT2D eigenvalue weighted by atomic mass is 32.1. The molecular weight excluding hydrogens is 308 g/mol. The second kappa shape index (κ2) is 7.07. The molecule has 2 aromatic heterocycles. The predicted octanol–water partition coefficient (Wildman–Crippen LogP) is 4.41. The first-order valence-electron chi connectivity index (χ1n) is 8.23. The van der Waals surface area contributed by atoms with Crippen molar-refractivity contribution in [3.63, 3.8) is 0 Å². The molecule has 2 aromatic rings. The van der Waals surface area contributed by atoms with Crippen molar-refractivity contribution in [1.29, 1.82) is 0 Å². The van der Waals surface area contributed by atoms with Gasteiger partial charge < -0.3 is 4.42 Å². The third-order valence-electron chi connectivity index (χ3n) is 3.63. The van der Waals surface area contributed by atoms with Crippen LogP contribution in [0.5, 0.6) is 0 Å². The maximum atomic E-state index is 5.49. The lowest BCUT2D eigenvalue weighted by molar-refractivity contribution is 0.289. The zero-order chi connectivity index (χ0) is 17.1. The summed E-state index contributed by atoms with van der Waals surface area (Å²) in [6.45, 7) is 13.0. The van der Waals surface area contributed by atoms with Gasteiger partial charge in [-0.25, -0.2) is 0 Å². The van der Waals surface area contributed by atoms with Crippen LogP contribution in [0.3, 0.4) is 0 Å². The SMILES string of the molecule is Cc1nnc(CC(C)(C)CCCc2nnc(CC(C)(C)C)s2)o1. The molecule has 0 saturated heterocycles. The molecule has 0 bridgehead atoms. The van der Waals surface area contributed by atoms with Crippen LogP contribution in [0.25, 0.3) is 0 Å². The van der Waals surface area contributed by atoms with Crippen LogP contribution in [-0.4, -0.2) is 20.4 Å². The number of rotatable bonds is 7. The fraction of sp³-hybridized carbons (Fsp3) is 0.765. The smallest absolute Gasteiger partial charge is 0.217 e. The first kappa shape index (κ1) is 18.0. The minimum absolute atomic E-state index is 0.151. The molecule has 0 atom stereocenters. The molecule has 0 saturated carbocycles. The van der Waals surface area contributed by atoms with Gasteiger partial charge in [0.05, 0.1) is 0 Å². The lowest BCUT2D eigenvalue weighted by atomic mass is 9.84. The molecule has 0 aliphatic carbocycles. The van der Waals surface area contributed by atoms with Crippen molar-refractivity contribution < 1.29 is 4.42 Å². The Labute approximate surface area is 142 Å². The molecule has 6 heteroatoms. The minimum atomic E-state index is 0.151. The predicted molar refractivity (Wildman–Crippen MR) is 92.5 cm³/mol. The lowest BCUT2D eigenvalue weighted by Gasteiger charge is -2.22. The van der Waals surface area contributed by atoms with Crippen LogP contribution in [-0.2, 0) is 19.3 Å². The molecule has 5 nitrogen and oxygen atoms in total. The van der Waals surface area contributed by atoms with Gasteiger partial charge in [-0.05, 0) is 23.7 Å². The maximum Gasteiger partial charge on any atom is 0.217 e. The van der Waals surface area contributed by atoms with Crippen LogP contribution in [0, 0.1) is 17.8 Å². The van der Waals surface area contributed by atoms with E-state index in [-0.39, 0.29) is 10.8 Å². The van der Waals surface area contributed by atoms with Crippen molar-refractivity contribution in [3.05, 3.63) is 21.8 Å². The summed E-state index contributed by atoms with van der Waals surface area (Å²) in [6, 6.07) is 0. The molecule has 0 N–H and O–H groups in total. The van der Waals surface area contributed by atoms with E-state index in [4.69, 9.17) is 4.42 Å². The standard InChI is InChI=1S/C17H28N4OS/c1-12-18-19-13(22-12)10-17(5,6)9-7-8-14-20-21-15(23-14)11-16(2,3)4/h7-11H2,1-6H3. The normalized spacial score (nSPS) is 12.8. The fourth-order valence-electron chi connectivity index (χ4n) is 2.54. The van der Waals surface area contributed by atoms with E-state index < -0.39 is 0 Å². The van der Waals surface area contributed by atoms with Gasteiger partial charge in [-0.2, -0.15) is 0 Å². The molecule has 2 heterocycles. The number of nitrogens with zero attached hydrogens (tertiary/aromatic N) is 4. The second-order valence-corrected chi connectivity index (χ2v) is 9.38. The Balaban J connectivity index is 1.79. The van der Waals surface area contributed by atoms with Crippen molar-refractivity contribution >= 4 is 11.3 Å². The van der Waals surface area contributed by atoms with Crippen LogP contribution in [0.4, 0.5) is 0 Å². The van der Waals surface area contributed by atoms with Crippen molar-refractivity contribution in [2.45, 2.75) is 73.6 Å². The van der Waals surface area contributed by atoms with E-state index in [1.54, 1.807) is 11.3 Å². The molecule has 0 aromatic carbocycles. The Hall–Kier alpha value is -1.30. The zero-order valence-corrected chi connectivity index (χ0v) is 16.0. The Bertz CT molecular complexity index is 625. The van der Waals surface area contributed by atoms with E-state index in [1.807, 2.05) is 6.92 Å². The summed E-state index contributed by atoms with van der Waals surface area (Å²) >= 11 is 1.75. The average molecular weight is 337 g/mol. The molecule has 0 fully saturated rings. The van der Waals surface area contributed by atoms with Gasteiger partial charge in [-0.15, -0.1) is 31.7 Å². The highest BCUT2D eigenvalue weighted by Crippen LogP contribution is 2.29. The largest absolute Gasteiger partial charge is 0.426 e. The van der Waals surface area contributed by atoms with Crippen molar-refractivity contribution in [2.24, 2.45) is 10.8 Å². The van der Waals surface area contributed by atoms with E-state index in [1.165, 1.54) is 0 Å². The third-order valence-corrected chi connectivity index (χ3v) is 4.62. The summed E-state index contributed by atoms with van der Waals surface area (Å²) < 4.78 is 5.49. The Kier molecular flexibility index (Phi) is 5.55. The lowest BCUT2D eigenvalue weighted by Crippen LogP contribution is -2.15. The summed E-state index contributed by atoms with van der Waals surface area (Å²) in [5.41, 5.74) is 0.416. The number of aryl methyl sites for hydroxylation is 2. The van der Waals surface area contributed by atoms with Gasteiger partial charge in [-0.3, -0.25) is 0 Å². The average Bonchev–Trinajstić information content (AvgIpc) is 2.96.